The number of ketones is 1. The molecule has 3 aliphatic rings. The van der Waals surface area contributed by atoms with Crippen molar-refractivity contribution in [2.75, 3.05) is 4.90 Å². The number of aromatic nitrogens is 1. The van der Waals surface area contributed by atoms with Gasteiger partial charge >= 0.3 is 260 Å². The molecule has 1 aliphatic heterocycles. The van der Waals surface area contributed by atoms with Crippen LogP contribution in [0.15, 0.2) is 169 Å². The Morgan fingerprint density at radius 3 is 2.00 bits per heavy atom. The van der Waals surface area contributed by atoms with Crippen molar-refractivity contribution < 1.29 is 4.79 Å². The Bertz CT molecular complexity index is 2540. The molecular formula is C45H31N2OTe. The summed E-state index contributed by atoms with van der Waals surface area (Å²) in [5, 5.41) is 2.38. The number of hydrogen-bond donors (Lipinski definition) is 0. The molecule has 7 aromatic rings. The number of anilines is 3. The summed E-state index contributed by atoms with van der Waals surface area (Å²) >= 11 is -0.661. The van der Waals surface area contributed by atoms with Crippen molar-refractivity contribution in [3.8, 4) is 5.69 Å². The Hall–Kier alpha value is -5.27. The van der Waals surface area contributed by atoms with Crippen molar-refractivity contribution in [2.24, 2.45) is 5.92 Å². The molecular weight excluding hydrogens is 712 g/mol. The Morgan fingerprint density at radius 1 is 0.592 bits per heavy atom. The number of carbonyl (C=O) groups excluding carboxylic acids is 1. The van der Waals surface area contributed by atoms with Gasteiger partial charge in [0, 0.05) is 0 Å². The second-order valence-electron chi connectivity index (χ2n) is 13.1. The molecule has 0 N–H and O–H groups in total. The van der Waals surface area contributed by atoms with E-state index < -0.39 is 20.5 Å². The third-order valence-corrected chi connectivity index (χ3v) is 13.6. The third-order valence-electron chi connectivity index (χ3n) is 10.2. The van der Waals surface area contributed by atoms with E-state index in [-0.39, 0.29) is 11.7 Å². The first-order valence-electron chi connectivity index (χ1n) is 16.8. The molecule has 233 valence electrons. The molecule has 0 saturated carbocycles. The Labute approximate surface area is 295 Å². The van der Waals surface area contributed by atoms with Gasteiger partial charge in [-0.3, -0.25) is 0 Å². The zero-order valence-electron chi connectivity index (χ0n) is 26.7. The van der Waals surface area contributed by atoms with Gasteiger partial charge in [0.2, 0.25) is 0 Å². The summed E-state index contributed by atoms with van der Waals surface area (Å²) in [6.07, 6.45) is 6.58. The first-order valence-corrected chi connectivity index (χ1v) is 19.2. The van der Waals surface area contributed by atoms with E-state index in [2.05, 4.69) is 167 Å². The van der Waals surface area contributed by atoms with Crippen molar-refractivity contribution in [1.29, 1.82) is 0 Å². The number of hydrogen-bond acceptors (Lipinski definition) is 2. The van der Waals surface area contributed by atoms with Crippen LogP contribution in [0.4, 0.5) is 17.1 Å². The molecule has 1 atom stereocenters. The van der Waals surface area contributed by atoms with E-state index in [1.54, 1.807) is 0 Å². The summed E-state index contributed by atoms with van der Waals surface area (Å²) in [7, 11) is 0. The van der Waals surface area contributed by atoms with Crippen LogP contribution in [0.5, 0.6) is 0 Å². The van der Waals surface area contributed by atoms with E-state index in [9.17, 15) is 4.79 Å². The molecule has 4 heteroatoms. The molecule has 1 unspecified atom stereocenters. The van der Waals surface area contributed by atoms with Crippen molar-refractivity contribution >= 4 is 72.3 Å². The van der Waals surface area contributed by atoms with Gasteiger partial charge in [-0.2, -0.15) is 0 Å². The zero-order valence-corrected chi connectivity index (χ0v) is 29.0. The minimum atomic E-state index is -0.661. The fourth-order valence-corrected chi connectivity index (χ4v) is 11.2. The Morgan fingerprint density at radius 2 is 1.24 bits per heavy atom. The molecule has 0 fully saturated rings. The van der Waals surface area contributed by atoms with Crippen LogP contribution in [0.25, 0.3) is 27.5 Å². The topological polar surface area (TPSA) is 25.2 Å². The average molecular weight is 743 g/mol. The normalized spacial score (nSPS) is 16.2. The first-order chi connectivity index (χ1) is 24.2. The molecule has 2 aliphatic carbocycles. The van der Waals surface area contributed by atoms with Gasteiger partial charge in [0.1, 0.15) is 0 Å². The van der Waals surface area contributed by atoms with Crippen molar-refractivity contribution in [2.45, 2.75) is 12.8 Å². The van der Waals surface area contributed by atoms with Crippen molar-refractivity contribution in [3.05, 3.63) is 186 Å². The van der Waals surface area contributed by atoms with E-state index in [0.717, 1.165) is 52.2 Å². The summed E-state index contributed by atoms with van der Waals surface area (Å²) in [6, 6.07) is 51.9. The number of fused-ring (bicyclic) bond motifs is 7. The van der Waals surface area contributed by atoms with Crippen LogP contribution in [0.1, 0.15) is 21.5 Å². The number of rotatable bonds is 4. The molecule has 49 heavy (non-hydrogen) atoms. The number of benzene rings is 6. The van der Waals surface area contributed by atoms with Gasteiger partial charge in [0.15, 0.2) is 0 Å². The van der Waals surface area contributed by atoms with Gasteiger partial charge in [-0.1, -0.05) is 36.4 Å². The van der Waals surface area contributed by atoms with E-state index >= 15 is 0 Å². The molecule has 3 nitrogen and oxygen atoms in total. The number of Topliss-reactive ketones (excluding diaryl/α,β-unsaturated/α-hetero) is 1. The molecule has 1 radical (unpaired) electrons. The summed E-state index contributed by atoms with van der Waals surface area (Å²) in [5.41, 5.74) is 13.1. The summed E-state index contributed by atoms with van der Waals surface area (Å²) < 4.78 is 4.95. The van der Waals surface area contributed by atoms with E-state index in [4.69, 9.17) is 0 Å². The summed E-state index contributed by atoms with van der Waals surface area (Å²) in [5.74, 6) is 0.117. The van der Waals surface area contributed by atoms with Gasteiger partial charge in [0.25, 0.3) is 0 Å². The van der Waals surface area contributed by atoms with Crippen LogP contribution >= 0.6 is 0 Å². The second-order valence-corrected chi connectivity index (χ2v) is 16.3. The van der Waals surface area contributed by atoms with Gasteiger partial charge in [-0.25, -0.2) is 0 Å². The predicted octanol–water partition coefficient (Wildman–Crippen LogP) is 9.23. The molecule has 0 bridgehead atoms. The van der Waals surface area contributed by atoms with E-state index in [1.807, 2.05) is 0 Å². The van der Waals surface area contributed by atoms with Gasteiger partial charge in [0.05, 0.1) is 0 Å². The predicted molar refractivity (Wildman–Crippen MR) is 204 cm³/mol. The Kier molecular flexibility index (Phi) is 6.69. The molecule has 0 spiro atoms. The minimum absolute atomic E-state index is 0.128. The van der Waals surface area contributed by atoms with Crippen LogP contribution in [0.3, 0.4) is 0 Å². The van der Waals surface area contributed by atoms with Gasteiger partial charge < -0.3 is 0 Å². The summed E-state index contributed by atoms with van der Waals surface area (Å²) in [6.45, 7) is 0. The third kappa shape index (κ3) is 4.71. The SMILES string of the molecule is O=C1c2cc(-n3c4ccccc4c4cc(N(c5ccccc5)c5ccccc5)ccc43)ccc2[Te]=C2C=C3Cc4ccccc4CC3=CC12. The maximum absolute atomic E-state index is 14.3. The van der Waals surface area contributed by atoms with Crippen molar-refractivity contribution in [3.63, 3.8) is 0 Å². The second kappa shape index (κ2) is 11.4. The van der Waals surface area contributed by atoms with Crippen LogP contribution in [-0.2, 0) is 12.8 Å². The van der Waals surface area contributed by atoms with Crippen LogP contribution in [-0.4, -0.2) is 34.4 Å². The van der Waals surface area contributed by atoms with E-state index in [1.165, 1.54) is 40.2 Å². The maximum atomic E-state index is 14.3. The summed E-state index contributed by atoms with van der Waals surface area (Å²) in [4.78, 5) is 16.6. The van der Waals surface area contributed by atoms with Crippen LogP contribution < -0.4 is 8.51 Å². The number of nitrogens with zero attached hydrogens (tertiary/aromatic N) is 2. The number of carbonyl (C=O) groups is 1. The number of allylic oxidation sites excluding steroid dienone is 4. The molecule has 6 aromatic carbocycles. The molecule has 10 rings (SSSR count). The fourth-order valence-electron chi connectivity index (χ4n) is 7.90. The monoisotopic (exact) mass is 745 g/mol. The standard InChI is InChI=1S/C45H31N2OTe/c48-45-39-25-31-23-29-11-7-8-12-30(29)24-32(31)26-44(39)49-43-22-20-36(28-40(43)45)47-41-18-10-9-17-37(41)38-27-35(19-21-42(38)47)46(33-13-3-1-4-14-33)34-15-5-2-6-16-34/h1-22,25-28,39H,23-24H2. The molecule has 1 aromatic heterocycles. The van der Waals surface area contributed by atoms with Crippen LogP contribution in [0, 0.1) is 5.92 Å². The molecule has 0 saturated heterocycles. The van der Waals surface area contributed by atoms with E-state index in [0.29, 0.717) is 0 Å². The quantitative estimate of drug-likeness (QED) is 0.168. The Balaban J connectivity index is 1.09. The molecule has 0 amide bonds. The zero-order chi connectivity index (χ0) is 32.5. The fraction of sp³-hybridized carbons (Fsp3) is 0.0667. The van der Waals surface area contributed by atoms with Crippen LogP contribution in [0.2, 0.25) is 0 Å². The number of para-hydroxylation sites is 3. The van der Waals surface area contributed by atoms with Gasteiger partial charge in [-0.15, -0.1) is 0 Å². The average Bonchev–Trinajstić information content (AvgIpc) is 3.48. The molecule has 2 heterocycles. The first kappa shape index (κ1) is 28.7. The van der Waals surface area contributed by atoms with Crippen molar-refractivity contribution in [1.82, 2.24) is 4.57 Å². The van der Waals surface area contributed by atoms with Gasteiger partial charge in [-0.05, 0) is 0 Å².